The van der Waals surface area contributed by atoms with E-state index >= 15 is 0 Å². The summed E-state index contributed by atoms with van der Waals surface area (Å²) in [5, 5.41) is 11.2. The quantitative estimate of drug-likeness (QED) is 0.615. The van der Waals surface area contributed by atoms with Crippen molar-refractivity contribution in [1.29, 1.82) is 0 Å². The molecule has 164 valence electrons. The molecule has 3 rings (SSSR count). The number of alkyl halides is 3. The molecule has 0 aliphatic heterocycles. The van der Waals surface area contributed by atoms with Crippen molar-refractivity contribution < 1.29 is 18.0 Å². The highest BCUT2D eigenvalue weighted by Crippen LogP contribution is 2.27. The summed E-state index contributed by atoms with van der Waals surface area (Å²) < 4.78 is 38.0. The Kier molecular flexibility index (Phi) is 6.52. The molecule has 3 aromatic rings. The van der Waals surface area contributed by atoms with E-state index in [-0.39, 0.29) is 17.6 Å². The molecule has 3 heterocycles. The molecule has 0 aliphatic rings. The molecule has 0 radical (unpaired) electrons. The van der Waals surface area contributed by atoms with Gasteiger partial charge in [0.2, 0.25) is 0 Å². The fraction of sp³-hybridized carbons (Fsp3) is 0.350. The van der Waals surface area contributed by atoms with Gasteiger partial charge in [-0.05, 0) is 37.6 Å². The molecule has 1 N–H and O–H groups in total. The zero-order valence-corrected chi connectivity index (χ0v) is 17.3. The normalized spacial score (nSPS) is 12.5. The van der Waals surface area contributed by atoms with Gasteiger partial charge in [0.25, 0.3) is 5.91 Å². The number of amides is 1. The number of pyridine rings is 2. The van der Waals surface area contributed by atoms with Crippen LogP contribution < -0.4 is 5.32 Å². The maximum absolute atomic E-state index is 13.2. The molecule has 1 atom stereocenters. The first-order valence-corrected chi connectivity index (χ1v) is 9.59. The number of aryl methyl sites for hydroxylation is 1. The molecular weight excluding hydrogens is 411 g/mol. The van der Waals surface area contributed by atoms with Gasteiger partial charge in [-0.1, -0.05) is 6.92 Å². The number of hydrogen-bond donors (Lipinski definition) is 1. The number of nitrogens with one attached hydrogen (secondary N) is 1. The highest BCUT2D eigenvalue weighted by Gasteiger charge is 2.32. The van der Waals surface area contributed by atoms with Crippen LogP contribution in [-0.2, 0) is 6.18 Å². The SMILES string of the molecule is CC[C@@H](CNc1ccc(C(F)(F)F)nc1)N(C)C(=O)c1nc(C)ccc1-n1nccn1. The molecular formula is C20H22F3N7O. The van der Waals surface area contributed by atoms with Crippen LogP contribution in [0.25, 0.3) is 5.69 Å². The molecule has 0 saturated heterocycles. The van der Waals surface area contributed by atoms with E-state index in [9.17, 15) is 18.0 Å². The Morgan fingerprint density at radius 3 is 2.48 bits per heavy atom. The molecule has 3 aromatic heterocycles. The van der Waals surface area contributed by atoms with Crippen LogP contribution >= 0.6 is 0 Å². The largest absolute Gasteiger partial charge is 0.433 e. The molecule has 0 unspecified atom stereocenters. The van der Waals surface area contributed by atoms with Crippen LogP contribution in [0.15, 0.2) is 42.9 Å². The van der Waals surface area contributed by atoms with Crippen molar-refractivity contribution in [3.8, 4) is 5.69 Å². The Balaban J connectivity index is 1.74. The van der Waals surface area contributed by atoms with Crippen molar-refractivity contribution in [3.63, 3.8) is 0 Å². The summed E-state index contributed by atoms with van der Waals surface area (Å²) in [5.41, 5.74) is 0.829. The molecule has 0 saturated carbocycles. The number of carbonyl (C=O) groups excluding carboxylic acids is 1. The van der Waals surface area contributed by atoms with Crippen molar-refractivity contribution in [2.75, 3.05) is 18.9 Å². The smallest absolute Gasteiger partial charge is 0.382 e. The van der Waals surface area contributed by atoms with Crippen LogP contribution in [0.3, 0.4) is 0 Å². The Hall–Kier alpha value is -3.50. The van der Waals surface area contributed by atoms with E-state index < -0.39 is 11.9 Å². The van der Waals surface area contributed by atoms with Gasteiger partial charge in [-0.3, -0.25) is 4.79 Å². The van der Waals surface area contributed by atoms with Gasteiger partial charge in [-0.15, -0.1) is 4.80 Å². The Bertz CT molecular complexity index is 1020. The Labute approximate surface area is 177 Å². The fourth-order valence-corrected chi connectivity index (χ4v) is 3.00. The maximum Gasteiger partial charge on any atom is 0.433 e. The van der Waals surface area contributed by atoms with Crippen LogP contribution in [0.5, 0.6) is 0 Å². The van der Waals surface area contributed by atoms with Gasteiger partial charge in [0.1, 0.15) is 11.4 Å². The third kappa shape index (κ3) is 5.16. The predicted octanol–water partition coefficient (Wildman–Crippen LogP) is 3.35. The molecule has 8 nitrogen and oxygen atoms in total. The number of rotatable bonds is 7. The van der Waals surface area contributed by atoms with Crippen molar-refractivity contribution >= 4 is 11.6 Å². The summed E-state index contributed by atoms with van der Waals surface area (Å²) in [6.45, 7) is 4.03. The lowest BCUT2D eigenvalue weighted by Gasteiger charge is -2.28. The van der Waals surface area contributed by atoms with Crippen molar-refractivity contribution in [2.45, 2.75) is 32.5 Å². The van der Waals surface area contributed by atoms with Gasteiger partial charge in [0, 0.05) is 25.3 Å². The van der Waals surface area contributed by atoms with Crippen molar-refractivity contribution in [2.24, 2.45) is 0 Å². The molecule has 11 heteroatoms. The zero-order valence-electron chi connectivity index (χ0n) is 17.3. The second-order valence-corrected chi connectivity index (χ2v) is 6.93. The molecule has 1 amide bonds. The topological polar surface area (TPSA) is 88.8 Å². The second-order valence-electron chi connectivity index (χ2n) is 6.93. The van der Waals surface area contributed by atoms with Crippen LogP contribution in [0, 0.1) is 6.92 Å². The van der Waals surface area contributed by atoms with E-state index in [4.69, 9.17) is 0 Å². The number of aromatic nitrogens is 5. The number of hydrogen-bond acceptors (Lipinski definition) is 6. The van der Waals surface area contributed by atoms with E-state index in [2.05, 4.69) is 25.5 Å². The monoisotopic (exact) mass is 433 g/mol. The number of halogens is 3. The minimum Gasteiger partial charge on any atom is -0.382 e. The second kappa shape index (κ2) is 9.11. The van der Waals surface area contributed by atoms with E-state index in [1.54, 1.807) is 31.0 Å². The highest BCUT2D eigenvalue weighted by molar-refractivity contribution is 5.95. The van der Waals surface area contributed by atoms with E-state index in [0.29, 0.717) is 30.0 Å². The van der Waals surface area contributed by atoms with Crippen LogP contribution in [-0.4, -0.2) is 55.4 Å². The van der Waals surface area contributed by atoms with Gasteiger partial charge in [0.15, 0.2) is 5.69 Å². The van der Waals surface area contributed by atoms with Crippen LogP contribution in [0.2, 0.25) is 0 Å². The third-order valence-electron chi connectivity index (χ3n) is 4.79. The molecule has 0 aliphatic carbocycles. The Morgan fingerprint density at radius 2 is 1.90 bits per heavy atom. The number of carbonyl (C=O) groups is 1. The van der Waals surface area contributed by atoms with E-state index in [1.807, 2.05) is 6.92 Å². The lowest BCUT2D eigenvalue weighted by atomic mass is 10.1. The van der Waals surface area contributed by atoms with Gasteiger partial charge >= 0.3 is 6.18 Å². The molecule has 0 fully saturated rings. The van der Waals surface area contributed by atoms with E-state index in [0.717, 1.165) is 12.3 Å². The van der Waals surface area contributed by atoms with Crippen LogP contribution in [0.4, 0.5) is 18.9 Å². The zero-order chi connectivity index (χ0) is 22.6. The Morgan fingerprint density at radius 1 is 1.19 bits per heavy atom. The van der Waals surface area contributed by atoms with Crippen LogP contribution in [0.1, 0.15) is 35.2 Å². The molecule has 0 spiro atoms. The number of nitrogens with zero attached hydrogens (tertiary/aromatic N) is 6. The molecule has 31 heavy (non-hydrogen) atoms. The van der Waals surface area contributed by atoms with Crippen molar-refractivity contribution in [3.05, 3.63) is 59.9 Å². The van der Waals surface area contributed by atoms with Gasteiger partial charge < -0.3 is 10.2 Å². The minimum atomic E-state index is -4.49. The first-order valence-electron chi connectivity index (χ1n) is 9.59. The van der Waals surface area contributed by atoms with Crippen molar-refractivity contribution in [1.82, 2.24) is 29.9 Å². The standard InChI is InChI=1S/C20H22F3N7O/c1-4-15(12-24-14-6-8-17(25-11-14)20(21,22)23)29(3)19(31)18-16(7-5-13(2)28-18)30-26-9-10-27-30/h5-11,15,24H,4,12H2,1-3H3/t15-/m0/s1. The lowest BCUT2D eigenvalue weighted by molar-refractivity contribution is -0.141. The average Bonchev–Trinajstić information content (AvgIpc) is 3.27. The van der Waals surface area contributed by atoms with Gasteiger partial charge in [-0.2, -0.15) is 23.4 Å². The fourth-order valence-electron chi connectivity index (χ4n) is 3.00. The summed E-state index contributed by atoms with van der Waals surface area (Å²) >= 11 is 0. The van der Waals surface area contributed by atoms with Gasteiger partial charge in [-0.25, -0.2) is 9.97 Å². The third-order valence-corrected chi connectivity index (χ3v) is 4.79. The van der Waals surface area contributed by atoms with E-state index in [1.165, 1.54) is 23.3 Å². The number of likely N-dealkylation sites (N-methyl/N-ethyl adjacent to an activating group) is 1. The first-order chi connectivity index (χ1) is 14.7. The summed E-state index contributed by atoms with van der Waals surface area (Å²) in [6.07, 6.45) is 0.272. The minimum absolute atomic E-state index is 0.216. The average molecular weight is 433 g/mol. The summed E-state index contributed by atoms with van der Waals surface area (Å²) in [7, 11) is 1.66. The lowest BCUT2D eigenvalue weighted by Crippen LogP contribution is -2.41. The number of anilines is 1. The van der Waals surface area contributed by atoms with Gasteiger partial charge in [0.05, 0.1) is 24.3 Å². The molecule has 0 bridgehead atoms. The summed E-state index contributed by atoms with van der Waals surface area (Å²) in [6, 6.07) is 5.49. The summed E-state index contributed by atoms with van der Waals surface area (Å²) in [5.74, 6) is -0.310. The first kappa shape index (κ1) is 22.2. The highest BCUT2D eigenvalue weighted by atomic mass is 19.4. The summed E-state index contributed by atoms with van der Waals surface area (Å²) in [4.78, 5) is 23.9. The molecule has 0 aromatic carbocycles. The maximum atomic E-state index is 13.2. The predicted molar refractivity (Wildman–Crippen MR) is 108 cm³/mol.